The molecule has 0 saturated carbocycles. The van der Waals surface area contributed by atoms with Gasteiger partial charge in [-0.1, -0.05) is 32.0 Å². The standard InChI is InChI=1S/C13H16F3NO/c1-3-12(4-2,11(17)18)9-6-5-7-10(8-9)13(14,15)16/h5-8H,3-4H2,1-2H3,(H2,17,18). The third-order valence-corrected chi connectivity index (χ3v) is 3.42. The van der Waals surface area contributed by atoms with Crippen molar-refractivity contribution in [3.05, 3.63) is 35.4 Å². The Kier molecular flexibility index (Phi) is 4.04. The second-order valence-corrected chi connectivity index (χ2v) is 4.23. The van der Waals surface area contributed by atoms with Gasteiger partial charge in [-0.3, -0.25) is 4.79 Å². The maximum atomic E-state index is 12.6. The van der Waals surface area contributed by atoms with Crippen LogP contribution in [-0.2, 0) is 16.4 Å². The molecule has 0 radical (unpaired) electrons. The van der Waals surface area contributed by atoms with Crippen LogP contribution in [0.5, 0.6) is 0 Å². The normalized spacial score (nSPS) is 12.5. The zero-order valence-corrected chi connectivity index (χ0v) is 10.3. The maximum Gasteiger partial charge on any atom is 0.416 e. The van der Waals surface area contributed by atoms with Crippen LogP contribution in [0, 0.1) is 0 Å². The minimum Gasteiger partial charge on any atom is -0.369 e. The van der Waals surface area contributed by atoms with Crippen molar-refractivity contribution in [1.82, 2.24) is 0 Å². The molecule has 100 valence electrons. The van der Waals surface area contributed by atoms with Gasteiger partial charge < -0.3 is 5.73 Å². The maximum absolute atomic E-state index is 12.6. The molecule has 2 nitrogen and oxygen atoms in total. The average Bonchev–Trinajstić information content (AvgIpc) is 2.30. The molecule has 2 N–H and O–H groups in total. The lowest BCUT2D eigenvalue weighted by molar-refractivity contribution is -0.138. The number of carbonyl (C=O) groups is 1. The molecule has 0 fully saturated rings. The number of nitrogens with two attached hydrogens (primary N) is 1. The van der Waals surface area contributed by atoms with Gasteiger partial charge in [-0.15, -0.1) is 0 Å². The largest absolute Gasteiger partial charge is 0.416 e. The number of carbonyl (C=O) groups excluding carboxylic acids is 1. The van der Waals surface area contributed by atoms with E-state index in [4.69, 9.17) is 5.73 Å². The fraction of sp³-hybridized carbons (Fsp3) is 0.462. The van der Waals surface area contributed by atoms with E-state index >= 15 is 0 Å². The van der Waals surface area contributed by atoms with Crippen molar-refractivity contribution in [2.75, 3.05) is 0 Å². The zero-order valence-electron chi connectivity index (χ0n) is 10.3. The first-order chi connectivity index (χ1) is 8.28. The topological polar surface area (TPSA) is 43.1 Å². The molecule has 18 heavy (non-hydrogen) atoms. The lowest BCUT2D eigenvalue weighted by Crippen LogP contribution is -2.40. The van der Waals surface area contributed by atoms with Crippen LogP contribution < -0.4 is 5.73 Å². The SMILES string of the molecule is CCC(CC)(C(N)=O)c1cccc(C(F)(F)F)c1. The number of benzene rings is 1. The van der Waals surface area contributed by atoms with Crippen LogP contribution in [0.4, 0.5) is 13.2 Å². The first-order valence-corrected chi connectivity index (χ1v) is 5.75. The van der Waals surface area contributed by atoms with Gasteiger partial charge >= 0.3 is 6.18 Å². The number of hydrogen-bond acceptors (Lipinski definition) is 1. The Hall–Kier alpha value is -1.52. The average molecular weight is 259 g/mol. The van der Waals surface area contributed by atoms with E-state index in [1.165, 1.54) is 12.1 Å². The monoisotopic (exact) mass is 259 g/mol. The summed E-state index contributed by atoms with van der Waals surface area (Å²) in [7, 11) is 0. The van der Waals surface area contributed by atoms with Crippen LogP contribution in [0.1, 0.15) is 37.8 Å². The van der Waals surface area contributed by atoms with Gasteiger partial charge in [0.1, 0.15) is 0 Å². The predicted molar refractivity (Wildman–Crippen MR) is 62.9 cm³/mol. The molecule has 0 aliphatic heterocycles. The van der Waals surface area contributed by atoms with E-state index in [1.54, 1.807) is 13.8 Å². The molecule has 1 aromatic rings. The summed E-state index contributed by atoms with van der Waals surface area (Å²) in [6, 6.07) is 4.83. The number of amides is 1. The third-order valence-electron chi connectivity index (χ3n) is 3.42. The third kappa shape index (κ3) is 2.49. The van der Waals surface area contributed by atoms with Crippen LogP contribution in [0.25, 0.3) is 0 Å². The lowest BCUT2D eigenvalue weighted by Gasteiger charge is -2.29. The molecule has 1 aromatic carbocycles. The second kappa shape index (κ2) is 5.00. The number of hydrogen-bond donors (Lipinski definition) is 1. The van der Waals surface area contributed by atoms with E-state index in [2.05, 4.69) is 0 Å². The van der Waals surface area contributed by atoms with Crippen molar-refractivity contribution in [3.63, 3.8) is 0 Å². The number of halogens is 3. The Balaban J connectivity index is 3.35. The molecular weight excluding hydrogens is 243 g/mol. The molecule has 0 aliphatic carbocycles. The summed E-state index contributed by atoms with van der Waals surface area (Å²) in [6.07, 6.45) is -3.67. The minimum atomic E-state index is -4.42. The predicted octanol–water partition coefficient (Wildman–Crippen LogP) is 3.25. The van der Waals surface area contributed by atoms with Gasteiger partial charge in [-0.05, 0) is 24.5 Å². The van der Waals surface area contributed by atoms with Gasteiger partial charge in [0.2, 0.25) is 5.91 Å². The quantitative estimate of drug-likeness (QED) is 0.886. The van der Waals surface area contributed by atoms with Crippen molar-refractivity contribution < 1.29 is 18.0 Å². The lowest BCUT2D eigenvalue weighted by atomic mass is 9.75. The molecule has 0 unspecified atom stereocenters. The molecule has 0 bridgehead atoms. The van der Waals surface area contributed by atoms with Gasteiger partial charge in [0, 0.05) is 0 Å². The van der Waals surface area contributed by atoms with E-state index < -0.39 is 23.1 Å². The Labute approximate surface area is 104 Å². The Bertz CT molecular complexity index is 436. The highest BCUT2D eigenvalue weighted by Gasteiger charge is 2.37. The summed E-state index contributed by atoms with van der Waals surface area (Å²) in [5.41, 5.74) is 3.91. The van der Waals surface area contributed by atoms with Gasteiger partial charge in [0.15, 0.2) is 0 Å². The number of primary amides is 1. The molecule has 0 saturated heterocycles. The van der Waals surface area contributed by atoms with E-state index in [9.17, 15) is 18.0 Å². The molecule has 0 atom stereocenters. The molecule has 5 heteroatoms. The minimum absolute atomic E-state index is 0.329. The molecular formula is C13H16F3NO. The van der Waals surface area contributed by atoms with Crippen LogP contribution >= 0.6 is 0 Å². The van der Waals surface area contributed by atoms with Crippen molar-refractivity contribution >= 4 is 5.91 Å². The Morgan fingerprint density at radius 1 is 1.17 bits per heavy atom. The molecule has 0 aliphatic rings. The second-order valence-electron chi connectivity index (χ2n) is 4.23. The highest BCUT2D eigenvalue weighted by molar-refractivity contribution is 5.86. The van der Waals surface area contributed by atoms with E-state index in [0.29, 0.717) is 18.4 Å². The molecule has 1 rings (SSSR count). The summed E-state index contributed by atoms with van der Waals surface area (Å²) in [4.78, 5) is 11.6. The van der Waals surface area contributed by atoms with Crippen molar-refractivity contribution in [2.24, 2.45) is 5.73 Å². The summed E-state index contributed by atoms with van der Waals surface area (Å²) in [6.45, 7) is 3.49. The van der Waals surface area contributed by atoms with Crippen LogP contribution in [-0.4, -0.2) is 5.91 Å². The van der Waals surface area contributed by atoms with Gasteiger partial charge in [0.25, 0.3) is 0 Å². The molecule has 0 heterocycles. The Morgan fingerprint density at radius 3 is 2.06 bits per heavy atom. The summed E-state index contributed by atoms with van der Waals surface area (Å²) in [5.74, 6) is -0.591. The van der Waals surface area contributed by atoms with Crippen molar-refractivity contribution in [1.29, 1.82) is 0 Å². The van der Waals surface area contributed by atoms with Crippen LogP contribution in [0.15, 0.2) is 24.3 Å². The van der Waals surface area contributed by atoms with E-state index in [1.807, 2.05) is 0 Å². The fourth-order valence-corrected chi connectivity index (χ4v) is 2.14. The van der Waals surface area contributed by atoms with E-state index in [0.717, 1.165) is 12.1 Å². The fourth-order valence-electron chi connectivity index (χ4n) is 2.14. The van der Waals surface area contributed by atoms with E-state index in [-0.39, 0.29) is 0 Å². The highest BCUT2D eigenvalue weighted by Crippen LogP contribution is 2.36. The Morgan fingerprint density at radius 2 is 1.67 bits per heavy atom. The van der Waals surface area contributed by atoms with Crippen molar-refractivity contribution in [2.45, 2.75) is 38.3 Å². The molecule has 0 spiro atoms. The highest BCUT2D eigenvalue weighted by atomic mass is 19.4. The molecule has 1 amide bonds. The summed E-state index contributed by atoms with van der Waals surface area (Å²) >= 11 is 0. The van der Waals surface area contributed by atoms with Crippen LogP contribution in [0.2, 0.25) is 0 Å². The van der Waals surface area contributed by atoms with Gasteiger partial charge in [-0.2, -0.15) is 13.2 Å². The summed E-state index contributed by atoms with van der Waals surface area (Å²) in [5, 5.41) is 0. The van der Waals surface area contributed by atoms with Gasteiger partial charge in [-0.25, -0.2) is 0 Å². The number of alkyl halides is 3. The molecule has 0 aromatic heterocycles. The van der Waals surface area contributed by atoms with Crippen LogP contribution in [0.3, 0.4) is 0 Å². The summed E-state index contributed by atoms with van der Waals surface area (Å²) < 4.78 is 37.9. The number of rotatable bonds is 4. The van der Waals surface area contributed by atoms with Gasteiger partial charge in [0.05, 0.1) is 11.0 Å². The van der Waals surface area contributed by atoms with Crippen molar-refractivity contribution in [3.8, 4) is 0 Å². The smallest absolute Gasteiger partial charge is 0.369 e. The first-order valence-electron chi connectivity index (χ1n) is 5.75. The first kappa shape index (κ1) is 14.5. The zero-order chi connectivity index (χ0) is 14.0.